The van der Waals surface area contributed by atoms with Crippen molar-refractivity contribution >= 4 is 44.4 Å². The minimum Gasteiger partial charge on any atom is -0.457 e. The van der Waals surface area contributed by atoms with Gasteiger partial charge in [-0.25, -0.2) is 4.98 Å². The number of ether oxygens (including phenoxy) is 1. The Labute approximate surface area is 170 Å². The number of carbonyl (C=O) groups is 1. The Hall–Kier alpha value is -2.83. The molecule has 0 atom stereocenters. The molecule has 1 aliphatic heterocycles. The van der Waals surface area contributed by atoms with Gasteiger partial charge in [0.05, 0.1) is 16.1 Å². The van der Waals surface area contributed by atoms with Gasteiger partial charge in [-0.05, 0) is 30.5 Å². The van der Waals surface area contributed by atoms with E-state index in [9.17, 15) is 4.79 Å². The minimum atomic E-state index is -0.437. The number of anilines is 1. The van der Waals surface area contributed by atoms with E-state index in [2.05, 4.69) is 10.3 Å². The van der Waals surface area contributed by atoms with Gasteiger partial charge < -0.3 is 10.1 Å². The summed E-state index contributed by atoms with van der Waals surface area (Å²) in [6.07, 6.45) is 2.03. The molecule has 1 aliphatic rings. The normalized spacial score (nSPS) is 12.9. The van der Waals surface area contributed by atoms with Gasteiger partial charge in [0.15, 0.2) is 5.13 Å². The summed E-state index contributed by atoms with van der Waals surface area (Å²) in [5.74, 6) is 0.895. The molecule has 0 radical (unpaired) electrons. The molecule has 0 saturated heterocycles. The summed E-state index contributed by atoms with van der Waals surface area (Å²) < 4.78 is 7.06. The first-order valence-electron chi connectivity index (χ1n) is 8.84. The van der Waals surface area contributed by atoms with Crippen molar-refractivity contribution in [1.29, 1.82) is 0 Å². The Morgan fingerprint density at radius 1 is 1.00 bits per heavy atom. The van der Waals surface area contributed by atoms with Crippen molar-refractivity contribution in [1.82, 2.24) is 4.98 Å². The van der Waals surface area contributed by atoms with Gasteiger partial charge in [0.25, 0.3) is 0 Å². The van der Waals surface area contributed by atoms with Crippen LogP contribution in [0.25, 0.3) is 10.2 Å². The fraction of sp³-hybridized carbons (Fsp3) is 0.0909. The highest BCUT2D eigenvalue weighted by molar-refractivity contribution is 7.98. The lowest BCUT2D eigenvalue weighted by Gasteiger charge is -2.27. The van der Waals surface area contributed by atoms with Crippen LogP contribution in [0.15, 0.2) is 71.6 Å². The third-order valence-corrected chi connectivity index (χ3v) is 6.48. The van der Waals surface area contributed by atoms with Crippen LogP contribution >= 0.6 is 23.1 Å². The van der Waals surface area contributed by atoms with Crippen LogP contribution < -0.4 is 10.1 Å². The summed E-state index contributed by atoms with van der Waals surface area (Å²) in [4.78, 5) is 19.1. The average molecular weight is 405 g/mol. The molecular weight excluding hydrogens is 388 g/mol. The van der Waals surface area contributed by atoms with Gasteiger partial charge in [-0.3, -0.25) is 4.79 Å². The van der Waals surface area contributed by atoms with Crippen molar-refractivity contribution in [2.45, 2.75) is 10.8 Å². The minimum absolute atomic E-state index is 0.104. The van der Waals surface area contributed by atoms with E-state index >= 15 is 0 Å². The average Bonchev–Trinajstić information content (AvgIpc) is 3.14. The monoisotopic (exact) mass is 404 g/mol. The van der Waals surface area contributed by atoms with E-state index in [1.54, 1.807) is 11.8 Å². The summed E-state index contributed by atoms with van der Waals surface area (Å²) in [5, 5.41) is 3.65. The number of thiazole rings is 1. The standard InChI is InChI=1S/C22H16N2O2S2/c1-27-17-11-6-12-18-20(17)23-22(28-18)24-21(25)19-13-7-2-4-9-15(13)26-16-10-5-3-8-14(16)19/h2-12,19H,1H3,(H,23,24,25). The highest BCUT2D eigenvalue weighted by atomic mass is 32.2. The third kappa shape index (κ3) is 2.85. The van der Waals surface area contributed by atoms with Crippen LogP contribution in [0.2, 0.25) is 0 Å². The number of hydrogen-bond donors (Lipinski definition) is 1. The second-order valence-corrected chi connectivity index (χ2v) is 8.30. The summed E-state index contributed by atoms with van der Waals surface area (Å²) in [6.45, 7) is 0. The predicted molar refractivity (Wildman–Crippen MR) is 115 cm³/mol. The molecule has 138 valence electrons. The van der Waals surface area contributed by atoms with Gasteiger partial charge in [-0.2, -0.15) is 0 Å². The van der Waals surface area contributed by atoms with Crippen molar-refractivity contribution in [3.63, 3.8) is 0 Å². The predicted octanol–water partition coefficient (Wildman–Crippen LogP) is 5.89. The van der Waals surface area contributed by atoms with Gasteiger partial charge in [0.2, 0.25) is 5.91 Å². The van der Waals surface area contributed by atoms with E-state index in [-0.39, 0.29) is 5.91 Å². The van der Waals surface area contributed by atoms with Crippen molar-refractivity contribution in [3.05, 3.63) is 77.9 Å². The van der Waals surface area contributed by atoms with Crippen LogP contribution in [0.3, 0.4) is 0 Å². The quantitative estimate of drug-likeness (QED) is 0.432. The number of carbonyl (C=O) groups excluding carboxylic acids is 1. The zero-order chi connectivity index (χ0) is 19.1. The lowest BCUT2D eigenvalue weighted by molar-refractivity contribution is -0.116. The van der Waals surface area contributed by atoms with E-state index in [1.807, 2.05) is 73.0 Å². The van der Waals surface area contributed by atoms with Crippen molar-refractivity contribution in [2.24, 2.45) is 0 Å². The number of thioether (sulfide) groups is 1. The summed E-state index contributed by atoms with van der Waals surface area (Å²) in [7, 11) is 0. The molecule has 1 aromatic heterocycles. The van der Waals surface area contributed by atoms with Crippen LogP contribution in [0, 0.1) is 0 Å². The van der Waals surface area contributed by atoms with Crippen LogP contribution in [-0.2, 0) is 4.79 Å². The summed E-state index contributed by atoms with van der Waals surface area (Å²) in [6, 6.07) is 21.5. The van der Waals surface area contributed by atoms with Crippen molar-refractivity contribution in [2.75, 3.05) is 11.6 Å². The van der Waals surface area contributed by atoms with Gasteiger partial charge in [0, 0.05) is 16.0 Å². The number of amides is 1. The molecule has 4 nitrogen and oxygen atoms in total. The second kappa shape index (κ2) is 6.96. The van der Waals surface area contributed by atoms with E-state index in [0.717, 1.165) is 37.7 Å². The topological polar surface area (TPSA) is 51.2 Å². The van der Waals surface area contributed by atoms with Crippen LogP contribution in [0.5, 0.6) is 11.5 Å². The van der Waals surface area contributed by atoms with Crippen molar-refractivity contribution < 1.29 is 9.53 Å². The highest BCUT2D eigenvalue weighted by Crippen LogP contribution is 2.44. The van der Waals surface area contributed by atoms with Gasteiger partial charge in [-0.15, -0.1) is 11.8 Å². The molecule has 0 bridgehead atoms. The molecule has 0 spiro atoms. The lowest BCUT2D eigenvalue weighted by atomic mass is 9.87. The molecule has 5 rings (SSSR count). The molecule has 0 saturated carbocycles. The first-order chi connectivity index (χ1) is 13.7. The number of para-hydroxylation sites is 3. The molecule has 1 N–H and O–H groups in total. The third-order valence-electron chi connectivity index (χ3n) is 4.77. The Morgan fingerprint density at radius 2 is 1.68 bits per heavy atom. The maximum atomic E-state index is 13.3. The first-order valence-corrected chi connectivity index (χ1v) is 10.9. The number of hydrogen-bond acceptors (Lipinski definition) is 5. The Kier molecular flexibility index (Phi) is 4.30. The van der Waals surface area contributed by atoms with Gasteiger partial charge in [0.1, 0.15) is 11.5 Å². The number of rotatable bonds is 3. The smallest absolute Gasteiger partial charge is 0.238 e. The zero-order valence-corrected chi connectivity index (χ0v) is 16.6. The highest BCUT2D eigenvalue weighted by Gasteiger charge is 2.32. The number of benzene rings is 3. The fourth-order valence-electron chi connectivity index (χ4n) is 3.51. The number of fused-ring (bicyclic) bond motifs is 3. The fourth-order valence-corrected chi connectivity index (χ4v) is 5.04. The summed E-state index contributed by atoms with van der Waals surface area (Å²) in [5.41, 5.74) is 2.66. The largest absolute Gasteiger partial charge is 0.457 e. The molecule has 0 aliphatic carbocycles. The Morgan fingerprint density at radius 3 is 2.36 bits per heavy atom. The van der Waals surface area contributed by atoms with Crippen LogP contribution in [0.1, 0.15) is 17.0 Å². The van der Waals surface area contributed by atoms with Crippen molar-refractivity contribution in [3.8, 4) is 11.5 Å². The maximum Gasteiger partial charge on any atom is 0.238 e. The number of nitrogens with zero attached hydrogens (tertiary/aromatic N) is 1. The lowest BCUT2D eigenvalue weighted by Crippen LogP contribution is -2.24. The molecular formula is C22H16N2O2S2. The Bertz CT molecular complexity index is 1160. The summed E-state index contributed by atoms with van der Waals surface area (Å²) >= 11 is 3.15. The van der Waals surface area contributed by atoms with Gasteiger partial charge in [-0.1, -0.05) is 53.8 Å². The van der Waals surface area contributed by atoms with Crippen LogP contribution in [-0.4, -0.2) is 17.1 Å². The van der Waals surface area contributed by atoms with Crippen LogP contribution in [0.4, 0.5) is 5.13 Å². The molecule has 4 aromatic rings. The molecule has 0 unspecified atom stereocenters. The second-order valence-electron chi connectivity index (χ2n) is 6.43. The molecule has 1 amide bonds. The van der Waals surface area contributed by atoms with Gasteiger partial charge >= 0.3 is 0 Å². The van der Waals surface area contributed by atoms with E-state index in [0.29, 0.717) is 5.13 Å². The first kappa shape index (κ1) is 17.3. The molecule has 0 fully saturated rings. The molecule has 28 heavy (non-hydrogen) atoms. The van der Waals surface area contributed by atoms with E-state index in [4.69, 9.17) is 4.74 Å². The molecule has 3 aromatic carbocycles. The number of nitrogens with one attached hydrogen (secondary N) is 1. The van der Waals surface area contributed by atoms with E-state index in [1.165, 1.54) is 11.3 Å². The molecule has 2 heterocycles. The molecule has 6 heteroatoms. The Balaban J connectivity index is 1.54. The maximum absolute atomic E-state index is 13.3. The SMILES string of the molecule is CSc1cccc2sc(NC(=O)C3c4ccccc4Oc4ccccc43)nc12. The number of aromatic nitrogens is 1. The van der Waals surface area contributed by atoms with E-state index < -0.39 is 5.92 Å². The zero-order valence-electron chi connectivity index (χ0n) is 15.0.